The predicted octanol–water partition coefficient (Wildman–Crippen LogP) is 4.37. The zero-order valence-corrected chi connectivity index (χ0v) is 17.8. The van der Waals surface area contributed by atoms with Gasteiger partial charge in [0.1, 0.15) is 23.2 Å². The van der Waals surface area contributed by atoms with Gasteiger partial charge < -0.3 is 20.1 Å². The minimum absolute atomic E-state index is 0.159. The van der Waals surface area contributed by atoms with Gasteiger partial charge >= 0.3 is 0 Å². The first-order valence-corrected chi connectivity index (χ1v) is 10.4. The number of rotatable bonds is 4. The van der Waals surface area contributed by atoms with E-state index in [2.05, 4.69) is 10.3 Å². The van der Waals surface area contributed by atoms with Gasteiger partial charge in [-0.05, 0) is 24.5 Å². The predicted molar refractivity (Wildman–Crippen MR) is 110 cm³/mol. The minimum Gasteiger partial charge on any atom is -0.495 e. The Hall–Kier alpha value is -1.90. The van der Waals surface area contributed by atoms with Gasteiger partial charge in [-0.1, -0.05) is 23.2 Å². The van der Waals surface area contributed by atoms with Crippen LogP contribution in [-0.2, 0) is 17.9 Å². The summed E-state index contributed by atoms with van der Waals surface area (Å²) in [7, 11) is 1.48. The topological polar surface area (TPSA) is 74.7 Å². The highest BCUT2D eigenvalue weighted by atomic mass is 35.5. The molecule has 1 aliphatic carbocycles. The Balaban J connectivity index is 1.79. The molecule has 1 saturated carbocycles. The van der Waals surface area contributed by atoms with E-state index >= 15 is 0 Å². The zero-order valence-electron chi connectivity index (χ0n) is 16.3. The Labute approximate surface area is 182 Å². The third-order valence-electron chi connectivity index (χ3n) is 5.81. The second-order valence-electron chi connectivity index (χ2n) is 7.70. The molecule has 4 rings (SSSR count). The average molecular weight is 460 g/mol. The number of aromatic nitrogens is 1. The van der Waals surface area contributed by atoms with Crippen molar-refractivity contribution in [2.24, 2.45) is 0 Å². The maximum Gasteiger partial charge on any atom is 0.248 e. The molecule has 2 aromatic rings. The number of hydrogen-bond acceptors (Lipinski definition) is 5. The van der Waals surface area contributed by atoms with Crippen molar-refractivity contribution in [3.63, 3.8) is 0 Å². The molecule has 2 heterocycles. The van der Waals surface area contributed by atoms with Crippen molar-refractivity contribution in [3.05, 3.63) is 27.2 Å². The largest absolute Gasteiger partial charge is 0.495 e. The van der Waals surface area contributed by atoms with Gasteiger partial charge in [0, 0.05) is 36.4 Å². The van der Waals surface area contributed by atoms with Crippen LogP contribution in [0, 0.1) is 0 Å². The molecule has 10 heteroatoms. The standard InChI is InChI=1S/C20H21Cl2F2N3O3/c1-30-14-6-11-12-7-27(15(29)9-28)8-13(12)19(26-18(11)17(22)16(14)21)25-10-2-4-20(23,24)5-3-10/h6,10,28H,2-5,7-9H2,1H3,(H,25,26). The van der Waals surface area contributed by atoms with Crippen LogP contribution in [0.25, 0.3) is 10.9 Å². The van der Waals surface area contributed by atoms with Crippen molar-refractivity contribution in [3.8, 4) is 5.75 Å². The van der Waals surface area contributed by atoms with Crippen LogP contribution in [0.2, 0.25) is 10.0 Å². The molecule has 1 aliphatic heterocycles. The highest BCUT2D eigenvalue weighted by Crippen LogP contribution is 2.43. The number of alkyl halides is 2. The number of fused-ring (bicyclic) bond motifs is 3. The molecule has 162 valence electrons. The molecule has 0 atom stereocenters. The average Bonchev–Trinajstić information content (AvgIpc) is 3.18. The van der Waals surface area contributed by atoms with E-state index < -0.39 is 18.4 Å². The molecule has 6 nitrogen and oxygen atoms in total. The fraction of sp³-hybridized carbons (Fsp3) is 0.500. The van der Waals surface area contributed by atoms with E-state index in [9.17, 15) is 18.7 Å². The normalized spacial score (nSPS) is 18.5. The minimum atomic E-state index is -2.63. The summed E-state index contributed by atoms with van der Waals surface area (Å²) in [5.41, 5.74) is 2.05. The van der Waals surface area contributed by atoms with Gasteiger partial charge in [-0.15, -0.1) is 0 Å². The summed E-state index contributed by atoms with van der Waals surface area (Å²) in [4.78, 5) is 18.3. The lowest BCUT2D eigenvalue weighted by atomic mass is 9.92. The van der Waals surface area contributed by atoms with Gasteiger partial charge in [-0.3, -0.25) is 4.79 Å². The molecule has 0 unspecified atom stereocenters. The number of pyridine rings is 1. The molecule has 0 radical (unpaired) electrons. The van der Waals surface area contributed by atoms with E-state index in [0.29, 0.717) is 35.3 Å². The van der Waals surface area contributed by atoms with Crippen LogP contribution in [-0.4, -0.2) is 46.6 Å². The number of carbonyl (C=O) groups is 1. The van der Waals surface area contributed by atoms with E-state index in [1.54, 1.807) is 6.07 Å². The molecule has 0 bridgehead atoms. The lowest BCUT2D eigenvalue weighted by Gasteiger charge is -2.29. The van der Waals surface area contributed by atoms with Crippen LogP contribution >= 0.6 is 23.2 Å². The first-order valence-electron chi connectivity index (χ1n) is 9.64. The van der Waals surface area contributed by atoms with Gasteiger partial charge in [-0.2, -0.15) is 0 Å². The molecular formula is C20H21Cl2F2N3O3. The summed E-state index contributed by atoms with van der Waals surface area (Å²) in [5.74, 6) is -2.15. The number of nitrogens with one attached hydrogen (secondary N) is 1. The number of amides is 1. The fourth-order valence-electron chi connectivity index (χ4n) is 4.13. The summed E-state index contributed by atoms with van der Waals surface area (Å²) in [6.45, 7) is -0.0759. The van der Waals surface area contributed by atoms with E-state index in [1.807, 2.05) is 0 Å². The summed E-state index contributed by atoms with van der Waals surface area (Å²) >= 11 is 12.8. The first-order chi connectivity index (χ1) is 14.2. The molecule has 2 aliphatic rings. The maximum absolute atomic E-state index is 13.5. The highest BCUT2D eigenvalue weighted by Gasteiger charge is 2.36. The van der Waals surface area contributed by atoms with Crippen molar-refractivity contribution < 1.29 is 23.4 Å². The van der Waals surface area contributed by atoms with E-state index in [0.717, 1.165) is 11.1 Å². The van der Waals surface area contributed by atoms with Crippen LogP contribution in [0.5, 0.6) is 5.75 Å². The number of nitrogens with zero attached hydrogens (tertiary/aromatic N) is 2. The molecule has 1 amide bonds. The number of hydrogen-bond donors (Lipinski definition) is 2. The molecule has 0 spiro atoms. The Morgan fingerprint density at radius 2 is 1.97 bits per heavy atom. The molecule has 30 heavy (non-hydrogen) atoms. The number of anilines is 1. The first kappa shape index (κ1) is 21.3. The Morgan fingerprint density at radius 1 is 1.30 bits per heavy atom. The maximum atomic E-state index is 13.5. The smallest absolute Gasteiger partial charge is 0.248 e. The zero-order chi connectivity index (χ0) is 21.6. The SMILES string of the molecule is COc1cc2c3c(c(NC4CCC(F)(F)CC4)nc2c(Cl)c1Cl)CN(C(=O)CO)C3. The quantitative estimate of drug-likeness (QED) is 0.709. The van der Waals surface area contributed by atoms with Crippen molar-refractivity contribution >= 4 is 45.8 Å². The number of aliphatic hydroxyl groups excluding tert-OH is 1. The molecule has 0 saturated heterocycles. The molecule has 1 fully saturated rings. The van der Waals surface area contributed by atoms with Crippen molar-refractivity contribution in [2.75, 3.05) is 19.0 Å². The van der Waals surface area contributed by atoms with Crippen LogP contribution in [0.1, 0.15) is 36.8 Å². The van der Waals surface area contributed by atoms with Gasteiger partial charge in [0.2, 0.25) is 11.8 Å². The Bertz CT molecular complexity index is 1010. The second kappa shape index (κ2) is 7.98. The van der Waals surface area contributed by atoms with Gasteiger partial charge in [0.15, 0.2) is 0 Å². The summed E-state index contributed by atoms with van der Waals surface area (Å²) in [6.07, 6.45) is 0.272. The van der Waals surface area contributed by atoms with Gasteiger partial charge in [0.25, 0.3) is 0 Å². The van der Waals surface area contributed by atoms with Crippen LogP contribution in [0.3, 0.4) is 0 Å². The number of carbonyl (C=O) groups excluding carboxylic acids is 1. The third kappa shape index (κ3) is 3.76. The number of benzene rings is 1. The third-order valence-corrected chi connectivity index (χ3v) is 6.65. The van der Waals surface area contributed by atoms with Crippen LogP contribution in [0.15, 0.2) is 6.07 Å². The highest BCUT2D eigenvalue weighted by molar-refractivity contribution is 6.46. The lowest BCUT2D eigenvalue weighted by Crippen LogP contribution is -2.32. The van der Waals surface area contributed by atoms with Crippen molar-refractivity contribution in [2.45, 2.75) is 50.7 Å². The van der Waals surface area contributed by atoms with E-state index in [1.165, 1.54) is 12.0 Å². The van der Waals surface area contributed by atoms with Crippen molar-refractivity contribution in [1.29, 1.82) is 0 Å². The number of ether oxygens (including phenoxy) is 1. The Kier molecular flexibility index (Phi) is 5.67. The second-order valence-corrected chi connectivity index (χ2v) is 8.46. The Morgan fingerprint density at radius 3 is 2.60 bits per heavy atom. The van der Waals surface area contributed by atoms with E-state index in [-0.39, 0.29) is 42.0 Å². The molecule has 1 aromatic carbocycles. The summed E-state index contributed by atoms with van der Waals surface area (Å²) in [5, 5.41) is 13.7. The van der Waals surface area contributed by atoms with Gasteiger partial charge in [-0.25, -0.2) is 13.8 Å². The molecular weight excluding hydrogens is 439 g/mol. The number of aliphatic hydroxyl groups is 1. The molecule has 1 aromatic heterocycles. The molecule has 2 N–H and O–H groups in total. The lowest BCUT2D eigenvalue weighted by molar-refractivity contribution is -0.134. The van der Waals surface area contributed by atoms with Gasteiger partial charge in [0.05, 0.1) is 24.2 Å². The number of methoxy groups -OCH3 is 1. The van der Waals surface area contributed by atoms with Crippen LogP contribution in [0.4, 0.5) is 14.6 Å². The summed E-state index contributed by atoms with van der Waals surface area (Å²) in [6, 6.07) is 1.57. The van der Waals surface area contributed by atoms with E-state index in [4.69, 9.17) is 27.9 Å². The summed E-state index contributed by atoms with van der Waals surface area (Å²) < 4.78 is 32.4. The number of halogens is 4. The van der Waals surface area contributed by atoms with Crippen molar-refractivity contribution in [1.82, 2.24) is 9.88 Å². The van der Waals surface area contributed by atoms with Crippen LogP contribution < -0.4 is 10.1 Å². The monoisotopic (exact) mass is 459 g/mol. The fourth-order valence-corrected chi connectivity index (χ4v) is 4.59.